The molecule has 2 atom stereocenters. The molecule has 0 saturated carbocycles. The van der Waals surface area contributed by atoms with E-state index in [1.165, 1.54) is 0 Å². The molecule has 104 valence electrons. The Morgan fingerprint density at radius 3 is 2.74 bits per heavy atom. The van der Waals surface area contributed by atoms with Gasteiger partial charge in [0.15, 0.2) is 0 Å². The normalized spacial score (nSPS) is 21.3. The van der Waals surface area contributed by atoms with E-state index >= 15 is 0 Å². The van der Waals surface area contributed by atoms with Crippen molar-refractivity contribution in [3.8, 4) is 0 Å². The van der Waals surface area contributed by atoms with Crippen LogP contribution in [-0.4, -0.2) is 48.4 Å². The quantitative estimate of drug-likeness (QED) is 0.887. The lowest BCUT2D eigenvalue weighted by atomic mass is 10.1. The summed E-state index contributed by atoms with van der Waals surface area (Å²) >= 11 is 0. The van der Waals surface area contributed by atoms with Gasteiger partial charge >= 0.3 is 0 Å². The van der Waals surface area contributed by atoms with E-state index in [1.807, 2.05) is 30.1 Å². The lowest BCUT2D eigenvalue weighted by Crippen LogP contribution is -2.39. The van der Waals surface area contributed by atoms with Crippen LogP contribution in [-0.2, 0) is 4.79 Å². The summed E-state index contributed by atoms with van der Waals surface area (Å²) in [6, 6.07) is 10.4. The zero-order chi connectivity index (χ0) is 13.8. The molecular formula is C15H23N3O. The molecule has 1 fully saturated rings. The third-order valence-corrected chi connectivity index (χ3v) is 3.92. The van der Waals surface area contributed by atoms with Gasteiger partial charge < -0.3 is 10.6 Å². The van der Waals surface area contributed by atoms with E-state index in [1.54, 1.807) is 0 Å². The summed E-state index contributed by atoms with van der Waals surface area (Å²) in [6.07, 6.45) is 0.991. The molecule has 1 aromatic carbocycles. The fourth-order valence-corrected chi connectivity index (χ4v) is 2.48. The highest BCUT2D eigenvalue weighted by atomic mass is 16.2. The third-order valence-electron chi connectivity index (χ3n) is 3.92. The average Bonchev–Trinajstić information content (AvgIpc) is 2.83. The number of benzene rings is 1. The highest BCUT2D eigenvalue weighted by molar-refractivity contribution is 5.78. The largest absolute Gasteiger partial charge is 0.338 e. The van der Waals surface area contributed by atoms with Gasteiger partial charge in [-0.15, -0.1) is 0 Å². The van der Waals surface area contributed by atoms with Crippen LogP contribution in [0.4, 0.5) is 0 Å². The number of hydrogen-bond acceptors (Lipinski definition) is 3. The van der Waals surface area contributed by atoms with Crippen molar-refractivity contribution in [3.05, 3.63) is 35.9 Å². The Balaban J connectivity index is 1.92. The maximum Gasteiger partial charge on any atom is 0.236 e. The molecular weight excluding hydrogens is 238 g/mol. The minimum absolute atomic E-state index is 0.102. The lowest BCUT2D eigenvalue weighted by Gasteiger charge is -2.27. The van der Waals surface area contributed by atoms with Gasteiger partial charge in [0.05, 0.1) is 12.6 Å². The molecule has 2 rings (SSSR count). The molecule has 1 heterocycles. The monoisotopic (exact) mass is 261 g/mol. The first-order valence-corrected chi connectivity index (χ1v) is 6.86. The summed E-state index contributed by atoms with van der Waals surface area (Å²) in [5, 5.41) is 0. The van der Waals surface area contributed by atoms with E-state index in [0.29, 0.717) is 6.54 Å². The molecule has 2 N–H and O–H groups in total. The SMILES string of the molecule is CC(c1ccccc1)N(C)C(=O)CN1CC[C@H](N)C1. The standard InChI is InChI=1S/C15H23N3O/c1-12(13-6-4-3-5-7-13)17(2)15(19)11-18-9-8-14(16)10-18/h3-7,12,14H,8-11,16H2,1-2H3/t12?,14-/m0/s1. The molecule has 0 aromatic heterocycles. The van der Waals surface area contributed by atoms with Gasteiger partial charge in [-0.3, -0.25) is 9.69 Å². The van der Waals surface area contributed by atoms with Crippen LogP contribution in [0.1, 0.15) is 24.9 Å². The second-order valence-corrected chi connectivity index (χ2v) is 5.38. The average molecular weight is 261 g/mol. The predicted molar refractivity (Wildman–Crippen MR) is 76.7 cm³/mol. The summed E-state index contributed by atoms with van der Waals surface area (Å²) in [7, 11) is 1.87. The molecule has 0 spiro atoms. The molecule has 1 saturated heterocycles. The number of rotatable bonds is 4. The van der Waals surface area contributed by atoms with Gasteiger partial charge in [0.1, 0.15) is 0 Å². The van der Waals surface area contributed by atoms with Crippen LogP contribution in [0.2, 0.25) is 0 Å². The van der Waals surface area contributed by atoms with Crippen molar-refractivity contribution >= 4 is 5.91 Å². The summed E-state index contributed by atoms with van der Waals surface area (Å²) in [6.45, 7) is 4.30. The smallest absolute Gasteiger partial charge is 0.236 e. The third kappa shape index (κ3) is 3.55. The summed E-state index contributed by atoms with van der Waals surface area (Å²) in [5.41, 5.74) is 7.02. The fraction of sp³-hybridized carbons (Fsp3) is 0.533. The highest BCUT2D eigenvalue weighted by Crippen LogP contribution is 2.18. The lowest BCUT2D eigenvalue weighted by molar-refractivity contribution is -0.132. The number of hydrogen-bond donors (Lipinski definition) is 1. The Kier molecular flexibility index (Phi) is 4.56. The maximum atomic E-state index is 12.3. The van der Waals surface area contributed by atoms with Crippen LogP contribution in [0, 0.1) is 0 Å². The Morgan fingerprint density at radius 1 is 1.47 bits per heavy atom. The molecule has 1 aromatic rings. The molecule has 0 bridgehead atoms. The van der Waals surface area contributed by atoms with Crippen LogP contribution >= 0.6 is 0 Å². The van der Waals surface area contributed by atoms with Crippen molar-refractivity contribution in [2.24, 2.45) is 5.73 Å². The van der Waals surface area contributed by atoms with E-state index in [0.717, 1.165) is 25.1 Å². The topological polar surface area (TPSA) is 49.6 Å². The second kappa shape index (κ2) is 6.17. The summed E-state index contributed by atoms with van der Waals surface area (Å²) < 4.78 is 0. The van der Waals surface area contributed by atoms with E-state index in [4.69, 9.17) is 5.73 Å². The van der Waals surface area contributed by atoms with Gasteiger partial charge in [0.2, 0.25) is 5.91 Å². The maximum absolute atomic E-state index is 12.3. The van der Waals surface area contributed by atoms with Gasteiger partial charge in [0, 0.05) is 26.2 Å². The summed E-state index contributed by atoms with van der Waals surface area (Å²) in [4.78, 5) is 16.2. The fourth-order valence-electron chi connectivity index (χ4n) is 2.48. The van der Waals surface area contributed by atoms with Gasteiger partial charge in [-0.1, -0.05) is 30.3 Å². The number of amides is 1. The van der Waals surface area contributed by atoms with E-state index in [-0.39, 0.29) is 18.0 Å². The molecule has 1 unspecified atom stereocenters. The van der Waals surface area contributed by atoms with Crippen molar-refractivity contribution in [1.82, 2.24) is 9.80 Å². The molecule has 1 aliphatic heterocycles. The highest BCUT2D eigenvalue weighted by Gasteiger charge is 2.24. The van der Waals surface area contributed by atoms with Gasteiger partial charge in [-0.2, -0.15) is 0 Å². The van der Waals surface area contributed by atoms with Crippen LogP contribution in [0.25, 0.3) is 0 Å². The number of nitrogens with two attached hydrogens (primary N) is 1. The van der Waals surface area contributed by atoms with Gasteiger partial charge in [-0.05, 0) is 18.9 Å². The van der Waals surface area contributed by atoms with Crippen LogP contribution in [0.3, 0.4) is 0 Å². The van der Waals surface area contributed by atoms with Crippen LogP contribution in [0.5, 0.6) is 0 Å². The molecule has 0 aliphatic carbocycles. The Hall–Kier alpha value is -1.39. The number of nitrogens with zero attached hydrogens (tertiary/aromatic N) is 2. The molecule has 19 heavy (non-hydrogen) atoms. The van der Waals surface area contributed by atoms with Crippen molar-refractivity contribution in [1.29, 1.82) is 0 Å². The molecule has 4 nitrogen and oxygen atoms in total. The molecule has 1 aliphatic rings. The number of likely N-dealkylation sites (tertiary alicyclic amines) is 1. The number of carbonyl (C=O) groups excluding carboxylic acids is 1. The van der Waals surface area contributed by atoms with E-state index in [2.05, 4.69) is 24.0 Å². The summed E-state index contributed by atoms with van der Waals surface area (Å²) in [5.74, 6) is 0.158. The van der Waals surface area contributed by atoms with Gasteiger partial charge in [0.25, 0.3) is 0 Å². The molecule has 0 radical (unpaired) electrons. The van der Waals surface area contributed by atoms with Crippen molar-refractivity contribution in [2.75, 3.05) is 26.7 Å². The van der Waals surface area contributed by atoms with E-state index in [9.17, 15) is 4.79 Å². The Morgan fingerprint density at radius 2 is 2.16 bits per heavy atom. The first kappa shape index (κ1) is 14.0. The first-order chi connectivity index (χ1) is 9.08. The van der Waals surface area contributed by atoms with Crippen molar-refractivity contribution in [3.63, 3.8) is 0 Å². The van der Waals surface area contributed by atoms with E-state index < -0.39 is 0 Å². The Labute approximate surface area is 115 Å². The Bertz CT molecular complexity index is 421. The number of likely N-dealkylation sites (N-methyl/N-ethyl adjacent to an activating group) is 1. The van der Waals surface area contributed by atoms with Crippen molar-refractivity contribution < 1.29 is 4.79 Å². The minimum atomic E-state index is 0.102. The number of carbonyl (C=O) groups is 1. The zero-order valence-corrected chi connectivity index (χ0v) is 11.7. The zero-order valence-electron chi connectivity index (χ0n) is 11.7. The first-order valence-electron chi connectivity index (χ1n) is 6.86. The van der Waals surface area contributed by atoms with Gasteiger partial charge in [-0.25, -0.2) is 0 Å². The second-order valence-electron chi connectivity index (χ2n) is 5.38. The predicted octanol–water partition coefficient (Wildman–Crippen LogP) is 1.24. The molecule has 4 heteroatoms. The molecule has 1 amide bonds. The van der Waals surface area contributed by atoms with Crippen LogP contribution < -0.4 is 5.73 Å². The van der Waals surface area contributed by atoms with Crippen LogP contribution in [0.15, 0.2) is 30.3 Å². The van der Waals surface area contributed by atoms with Crippen molar-refractivity contribution in [2.45, 2.75) is 25.4 Å². The minimum Gasteiger partial charge on any atom is -0.338 e.